The molecule has 0 saturated heterocycles. The van der Waals surface area contributed by atoms with E-state index in [1.807, 2.05) is 6.92 Å². The Balaban J connectivity index is 3.64. The van der Waals surface area contributed by atoms with E-state index >= 15 is 0 Å². The van der Waals surface area contributed by atoms with Gasteiger partial charge in [0.2, 0.25) is 0 Å². The molecule has 0 radical (unpaired) electrons. The predicted octanol–water partition coefficient (Wildman–Crippen LogP) is 1.95. The highest BCUT2D eigenvalue weighted by atomic mass is 16.5. The van der Waals surface area contributed by atoms with E-state index < -0.39 is 12.0 Å². The van der Waals surface area contributed by atoms with E-state index in [4.69, 9.17) is 9.84 Å². The van der Waals surface area contributed by atoms with Crippen LogP contribution in [0.3, 0.4) is 0 Å². The molecule has 1 atom stereocenters. The predicted molar refractivity (Wildman–Crippen MR) is 69.4 cm³/mol. The number of esters is 1. The van der Waals surface area contributed by atoms with Crippen LogP contribution in [0.5, 0.6) is 0 Å². The lowest BCUT2D eigenvalue weighted by Crippen LogP contribution is -2.36. The lowest BCUT2D eigenvalue weighted by molar-refractivity contribution is -0.144. The van der Waals surface area contributed by atoms with Crippen LogP contribution in [0.4, 0.5) is 0 Å². The average molecular weight is 259 g/mol. The van der Waals surface area contributed by atoms with Gasteiger partial charge in [-0.2, -0.15) is 0 Å². The minimum Gasteiger partial charge on any atom is -0.480 e. The Bertz CT molecular complexity index is 243. The van der Waals surface area contributed by atoms with E-state index in [0.717, 1.165) is 25.7 Å². The second-order valence-corrected chi connectivity index (χ2v) is 4.27. The molecule has 0 saturated carbocycles. The number of carboxylic acids is 1. The first-order valence-electron chi connectivity index (χ1n) is 6.73. The molecule has 0 aliphatic heterocycles. The third-order valence-corrected chi connectivity index (χ3v) is 2.65. The maximum atomic E-state index is 11.4. The van der Waals surface area contributed by atoms with Crippen molar-refractivity contribution in [2.75, 3.05) is 13.2 Å². The minimum absolute atomic E-state index is 0.151. The number of ether oxygens (including phenoxy) is 1. The molecule has 0 spiro atoms. The number of carboxylic acid groups (broad SMARTS) is 1. The number of hydrogen-bond donors (Lipinski definition) is 2. The van der Waals surface area contributed by atoms with Crippen molar-refractivity contribution in [3.05, 3.63) is 0 Å². The van der Waals surface area contributed by atoms with Crippen molar-refractivity contribution in [2.24, 2.45) is 0 Å². The van der Waals surface area contributed by atoms with E-state index in [1.165, 1.54) is 0 Å². The van der Waals surface area contributed by atoms with Crippen LogP contribution in [0.15, 0.2) is 0 Å². The maximum Gasteiger partial charge on any atom is 0.320 e. The van der Waals surface area contributed by atoms with Crippen molar-refractivity contribution >= 4 is 11.9 Å². The lowest BCUT2D eigenvalue weighted by atomic mass is 10.1. The molecular weight excluding hydrogens is 234 g/mol. The number of rotatable bonds is 11. The summed E-state index contributed by atoms with van der Waals surface area (Å²) in [5, 5.41) is 11.7. The van der Waals surface area contributed by atoms with E-state index in [1.54, 1.807) is 0 Å². The quantitative estimate of drug-likeness (QED) is 0.438. The largest absolute Gasteiger partial charge is 0.480 e. The summed E-state index contributed by atoms with van der Waals surface area (Å²) in [4.78, 5) is 22.2. The molecule has 0 unspecified atom stereocenters. The van der Waals surface area contributed by atoms with Crippen LogP contribution in [0.2, 0.25) is 0 Å². The van der Waals surface area contributed by atoms with Gasteiger partial charge < -0.3 is 15.2 Å². The molecule has 0 amide bonds. The summed E-state index contributed by atoms with van der Waals surface area (Å²) >= 11 is 0. The summed E-state index contributed by atoms with van der Waals surface area (Å²) in [6.45, 7) is 4.97. The third kappa shape index (κ3) is 8.98. The Morgan fingerprint density at radius 2 is 1.94 bits per heavy atom. The number of nitrogens with one attached hydrogen (secondary N) is 1. The maximum absolute atomic E-state index is 11.4. The van der Waals surface area contributed by atoms with Crippen LogP contribution >= 0.6 is 0 Å². The van der Waals surface area contributed by atoms with Crippen LogP contribution in [-0.2, 0) is 14.3 Å². The fourth-order valence-corrected chi connectivity index (χ4v) is 1.61. The minimum atomic E-state index is -0.924. The molecule has 0 aromatic heterocycles. The third-order valence-electron chi connectivity index (χ3n) is 2.65. The standard InChI is InChI=1S/C13H25NO4/c1-3-5-6-7-10-18-12(15)9-8-11(13(16)17)14-4-2/h11,14H,3-10H2,1-2H3,(H,16,17)/t11-/m0/s1. The van der Waals surface area contributed by atoms with Crippen molar-refractivity contribution in [2.45, 2.75) is 58.4 Å². The van der Waals surface area contributed by atoms with Gasteiger partial charge in [0.25, 0.3) is 0 Å². The van der Waals surface area contributed by atoms with E-state index in [9.17, 15) is 9.59 Å². The fraction of sp³-hybridized carbons (Fsp3) is 0.846. The summed E-state index contributed by atoms with van der Waals surface area (Å²) in [6, 6.07) is -0.664. The van der Waals surface area contributed by atoms with Gasteiger partial charge in [0.1, 0.15) is 6.04 Å². The summed E-state index contributed by atoms with van der Waals surface area (Å²) < 4.78 is 5.04. The van der Waals surface area contributed by atoms with Gasteiger partial charge in [-0.1, -0.05) is 33.1 Å². The number of carbonyl (C=O) groups excluding carboxylic acids is 1. The zero-order valence-corrected chi connectivity index (χ0v) is 11.4. The topological polar surface area (TPSA) is 75.6 Å². The van der Waals surface area contributed by atoms with Gasteiger partial charge in [0.05, 0.1) is 6.61 Å². The Kier molecular flexibility index (Phi) is 10.3. The van der Waals surface area contributed by atoms with E-state index in [2.05, 4.69) is 12.2 Å². The monoisotopic (exact) mass is 259 g/mol. The molecule has 0 aromatic rings. The molecule has 2 N–H and O–H groups in total. The number of unbranched alkanes of at least 4 members (excludes halogenated alkanes) is 3. The average Bonchev–Trinajstić information content (AvgIpc) is 2.33. The van der Waals surface area contributed by atoms with Crippen LogP contribution < -0.4 is 5.32 Å². The molecule has 18 heavy (non-hydrogen) atoms. The normalized spacial score (nSPS) is 12.1. The number of likely N-dealkylation sites (N-methyl/N-ethyl adjacent to an activating group) is 1. The van der Waals surface area contributed by atoms with Crippen molar-refractivity contribution in [1.29, 1.82) is 0 Å². The number of aliphatic carboxylic acids is 1. The highest BCUT2D eigenvalue weighted by Crippen LogP contribution is 2.03. The highest BCUT2D eigenvalue weighted by Gasteiger charge is 2.17. The molecule has 0 bridgehead atoms. The fourth-order valence-electron chi connectivity index (χ4n) is 1.61. The zero-order valence-electron chi connectivity index (χ0n) is 11.4. The summed E-state index contributed by atoms with van der Waals surface area (Å²) in [5.41, 5.74) is 0. The Labute approximate surface area is 109 Å². The molecule has 0 rings (SSSR count). The molecule has 106 valence electrons. The van der Waals surface area contributed by atoms with Crippen LogP contribution in [-0.4, -0.2) is 36.2 Å². The van der Waals surface area contributed by atoms with Crippen LogP contribution in [0, 0.1) is 0 Å². The number of carbonyl (C=O) groups is 2. The summed E-state index contributed by atoms with van der Waals surface area (Å²) in [5.74, 6) is -1.23. The van der Waals surface area contributed by atoms with Gasteiger partial charge >= 0.3 is 11.9 Å². The van der Waals surface area contributed by atoms with Crippen LogP contribution in [0.25, 0.3) is 0 Å². The molecule has 0 heterocycles. The summed E-state index contributed by atoms with van der Waals surface area (Å²) in [7, 11) is 0. The molecule has 0 aliphatic carbocycles. The molecule has 0 aromatic carbocycles. The highest BCUT2D eigenvalue weighted by molar-refractivity contribution is 5.75. The van der Waals surface area contributed by atoms with Crippen molar-refractivity contribution in [1.82, 2.24) is 5.32 Å². The van der Waals surface area contributed by atoms with Gasteiger partial charge in [-0.05, 0) is 19.4 Å². The molecule has 0 aliphatic rings. The molecule has 0 fully saturated rings. The van der Waals surface area contributed by atoms with Crippen LogP contribution in [0.1, 0.15) is 52.4 Å². The van der Waals surface area contributed by atoms with E-state index in [0.29, 0.717) is 13.2 Å². The lowest BCUT2D eigenvalue weighted by Gasteiger charge is -2.12. The molecule has 5 nitrogen and oxygen atoms in total. The van der Waals surface area contributed by atoms with Gasteiger partial charge in [-0.15, -0.1) is 0 Å². The van der Waals surface area contributed by atoms with Gasteiger partial charge in [-0.25, -0.2) is 0 Å². The second kappa shape index (κ2) is 11.0. The molecular formula is C13H25NO4. The second-order valence-electron chi connectivity index (χ2n) is 4.27. The first kappa shape index (κ1) is 16.9. The summed E-state index contributed by atoms with van der Waals surface area (Å²) in [6.07, 6.45) is 4.68. The van der Waals surface area contributed by atoms with Crippen molar-refractivity contribution in [3.8, 4) is 0 Å². The van der Waals surface area contributed by atoms with Gasteiger partial charge in [0.15, 0.2) is 0 Å². The Morgan fingerprint density at radius 3 is 2.50 bits per heavy atom. The van der Waals surface area contributed by atoms with Gasteiger partial charge in [0, 0.05) is 6.42 Å². The molecule has 5 heteroatoms. The first-order valence-corrected chi connectivity index (χ1v) is 6.73. The first-order chi connectivity index (χ1) is 8.61. The Hall–Kier alpha value is -1.10. The van der Waals surface area contributed by atoms with Crippen molar-refractivity contribution in [3.63, 3.8) is 0 Å². The smallest absolute Gasteiger partial charge is 0.320 e. The zero-order chi connectivity index (χ0) is 13.8. The van der Waals surface area contributed by atoms with Crippen molar-refractivity contribution < 1.29 is 19.4 Å². The number of hydrogen-bond acceptors (Lipinski definition) is 4. The Morgan fingerprint density at radius 1 is 1.22 bits per heavy atom. The van der Waals surface area contributed by atoms with E-state index in [-0.39, 0.29) is 18.8 Å². The SMILES string of the molecule is CCCCCCOC(=O)CC[C@H](NCC)C(=O)O. The van der Waals surface area contributed by atoms with Gasteiger partial charge in [-0.3, -0.25) is 9.59 Å².